The van der Waals surface area contributed by atoms with E-state index in [1.54, 1.807) is 42.6 Å². The molecule has 1 aliphatic heterocycles. The van der Waals surface area contributed by atoms with Crippen molar-refractivity contribution in [1.82, 2.24) is 25.2 Å². The fraction of sp³-hybridized carbons (Fsp3) is 0.364. The molecular weight excluding hydrogens is 434 g/mol. The van der Waals surface area contributed by atoms with Gasteiger partial charge in [0.05, 0.1) is 37.0 Å². The van der Waals surface area contributed by atoms with E-state index in [4.69, 9.17) is 21.1 Å². The van der Waals surface area contributed by atoms with Crippen LogP contribution in [-0.2, 0) is 16.0 Å². The van der Waals surface area contributed by atoms with Gasteiger partial charge in [0.25, 0.3) is 5.91 Å². The summed E-state index contributed by atoms with van der Waals surface area (Å²) >= 11 is 5.99. The van der Waals surface area contributed by atoms with E-state index in [-0.39, 0.29) is 17.9 Å². The lowest BCUT2D eigenvalue weighted by molar-refractivity contribution is -0.159. The summed E-state index contributed by atoms with van der Waals surface area (Å²) in [4.78, 5) is 39.2. The Morgan fingerprint density at radius 2 is 2.09 bits per heavy atom. The number of carbonyl (C=O) groups is 2. The second-order valence-corrected chi connectivity index (χ2v) is 8.48. The first kappa shape index (κ1) is 22.0. The molecule has 3 aromatic rings. The SMILES string of the molecule is COc1cnccc1CC(NC(=O)c1cc2cc(Cl)cnc2[nH]1)C(=O)N1CC(C)(OC)C1. The van der Waals surface area contributed by atoms with E-state index in [0.717, 1.165) is 5.56 Å². The number of ether oxygens (including phenoxy) is 2. The molecule has 2 N–H and O–H groups in total. The van der Waals surface area contributed by atoms with E-state index in [9.17, 15) is 9.59 Å². The Kier molecular flexibility index (Phi) is 6.03. The molecule has 1 unspecified atom stereocenters. The first-order valence-electron chi connectivity index (χ1n) is 10.1. The van der Waals surface area contributed by atoms with Gasteiger partial charge in [-0.05, 0) is 30.7 Å². The lowest BCUT2D eigenvalue weighted by Gasteiger charge is -2.47. The molecule has 32 heavy (non-hydrogen) atoms. The highest BCUT2D eigenvalue weighted by Crippen LogP contribution is 2.26. The van der Waals surface area contributed by atoms with E-state index in [1.807, 2.05) is 6.92 Å². The van der Waals surface area contributed by atoms with Gasteiger partial charge >= 0.3 is 0 Å². The summed E-state index contributed by atoms with van der Waals surface area (Å²) in [5.41, 5.74) is 1.22. The molecule has 2 amide bonds. The predicted molar refractivity (Wildman–Crippen MR) is 119 cm³/mol. The molecule has 0 aliphatic carbocycles. The Morgan fingerprint density at radius 1 is 1.31 bits per heavy atom. The van der Waals surface area contributed by atoms with Crippen LogP contribution in [0.5, 0.6) is 5.75 Å². The van der Waals surface area contributed by atoms with E-state index < -0.39 is 11.9 Å². The topological polar surface area (TPSA) is 109 Å². The number of fused-ring (bicyclic) bond motifs is 1. The van der Waals surface area contributed by atoms with Crippen molar-refractivity contribution < 1.29 is 19.1 Å². The van der Waals surface area contributed by atoms with Crippen molar-refractivity contribution in [1.29, 1.82) is 0 Å². The van der Waals surface area contributed by atoms with Gasteiger partial charge in [-0.2, -0.15) is 0 Å². The van der Waals surface area contributed by atoms with Crippen molar-refractivity contribution in [3.63, 3.8) is 0 Å². The number of halogens is 1. The molecule has 1 atom stereocenters. The normalized spacial score (nSPS) is 15.8. The minimum absolute atomic E-state index is 0.191. The standard InChI is InChI=1S/C22H24ClN5O4/c1-22(32-3)11-28(12-22)21(30)17(7-13-4-5-24-10-18(13)31-2)27-20(29)16-8-14-6-15(23)9-25-19(14)26-16/h4-6,8-10,17H,7,11-12H2,1-3H3,(H,25,26)(H,27,29). The number of amides is 2. The highest BCUT2D eigenvalue weighted by atomic mass is 35.5. The molecule has 10 heteroatoms. The first-order valence-corrected chi connectivity index (χ1v) is 10.5. The van der Waals surface area contributed by atoms with E-state index in [0.29, 0.717) is 40.6 Å². The van der Waals surface area contributed by atoms with Gasteiger partial charge in [-0.25, -0.2) is 4.98 Å². The predicted octanol–water partition coefficient (Wildman–Crippen LogP) is 2.21. The minimum atomic E-state index is -0.803. The summed E-state index contributed by atoms with van der Waals surface area (Å²) < 4.78 is 10.8. The summed E-state index contributed by atoms with van der Waals surface area (Å²) in [6, 6.07) is 4.34. The quantitative estimate of drug-likeness (QED) is 0.563. The van der Waals surface area contributed by atoms with Crippen LogP contribution >= 0.6 is 11.6 Å². The zero-order chi connectivity index (χ0) is 22.9. The monoisotopic (exact) mass is 457 g/mol. The van der Waals surface area contributed by atoms with E-state index in [2.05, 4.69) is 20.3 Å². The Bertz CT molecular complexity index is 1160. The van der Waals surface area contributed by atoms with Gasteiger partial charge in [0.1, 0.15) is 23.1 Å². The number of aromatic nitrogens is 3. The molecule has 1 saturated heterocycles. The maximum absolute atomic E-state index is 13.3. The number of likely N-dealkylation sites (tertiary alicyclic amines) is 1. The van der Waals surface area contributed by atoms with Crippen LogP contribution < -0.4 is 10.1 Å². The summed E-state index contributed by atoms with van der Waals surface area (Å²) in [5.74, 6) is -0.0566. The molecule has 0 bridgehead atoms. The first-order chi connectivity index (χ1) is 15.3. The number of aromatic amines is 1. The molecule has 9 nitrogen and oxygen atoms in total. The van der Waals surface area contributed by atoms with Crippen LogP contribution in [-0.4, -0.2) is 70.6 Å². The van der Waals surface area contributed by atoms with Crippen LogP contribution in [0, 0.1) is 0 Å². The molecule has 4 heterocycles. The van der Waals surface area contributed by atoms with Crippen molar-refractivity contribution in [2.45, 2.75) is 25.0 Å². The fourth-order valence-electron chi connectivity index (χ4n) is 3.79. The molecule has 0 radical (unpaired) electrons. The third-order valence-corrected chi connectivity index (χ3v) is 5.86. The maximum Gasteiger partial charge on any atom is 0.268 e. The van der Waals surface area contributed by atoms with Gasteiger partial charge in [0.15, 0.2) is 0 Å². The minimum Gasteiger partial charge on any atom is -0.495 e. The molecule has 1 fully saturated rings. The van der Waals surface area contributed by atoms with Crippen LogP contribution in [0.3, 0.4) is 0 Å². The molecule has 3 aromatic heterocycles. The van der Waals surface area contributed by atoms with E-state index in [1.165, 1.54) is 13.3 Å². The highest BCUT2D eigenvalue weighted by Gasteiger charge is 2.43. The van der Waals surface area contributed by atoms with Crippen LogP contribution in [0.4, 0.5) is 0 Å². The van der Waals surface area contributed by atoms with Crippen LogP contribution in [0.25, 0.3) is 11.0 Å². The van der Waals surface area contributed by atoms with Gasteiger partial charge in [-0.3, -0.25) is 14.6 Å². The van der Waals surface area contributed by atoms with Crippen molar-refractivity contribution >= 4 is 34.4 Å². The zero-order valence-corrected chi connectivity index (χ0v) is 18.8. The largest absolute Gasteiger partial charge is 0.495 e. The van der Waals surface area contributed by atoms with Crippen LogP contribution in [0.15, 0.2) is 36.8 Å². The lowest BCUT2D eigenvalue weighted by atomic mass is 9.94. The third kappa shape index (κ3) is 4.39. The van der Waals surface area contributed by atoms with Gasteiger partial charge in [-0.15, -0.1) is 0 Å². The van der Waals surface area contributed by atoms with Crippen LogP contribution in [0.2, 0.25) is 5.02 Å². The molecule has 0 aromatic carbocycles. The zero-order valence-electron chi connectivity index (χ0n) is 18.0. The Hall–Kier alpha value is -3.17. The molecule has 4 rings (SSSR count). The lowest BCUT2D eigenvalue weighted by Crippen LogP contribution is -2.66. The number of H-pyrrole nitrogens is 1. The number of nitrogens with zero attached hydrogens (tertiary/aromatic N) is 3. The summed E-state index contributed by atoms with van der Waals surface area (Å²) in [6.07, 6.45) is 4.96. The highest BCUT2D eigenvalue weighted by molar-refractivity contribution is 6.31. The molecule has 1 aliphatic rings. The van der Waals surface area contributed by atoms with E-state index >= 15 is 0 Å². The molecule has 168 valence electrons. The number of pyridine rings is 2. The Labute approximate surface area is 190 Å². The third-order valence-electron chi connectivity index (χ3n) is 5.65. The average molecular weight is 458 g/mol. The second-order valence-electron chi connectivity index (χ2n) is 8.04. The summed E-state index contributed by atoms with van der Waals surface area (Å²) in [7, 11) is 3.16. The van der Waals surface area contributed by atoms with Gasteiger partial charge < -0.3 is 24.7 Å². The fourth-order valence-corrected chi connectivity index (χ4v) is 3.96. The number of rotatable bonds is 7. The van der Waals surface area contributed by atoms with Gasteiger partial charge in [0.2, 0.25) is 5.91 Å². The number of hydrogen-bond acceptors (Lipinski definition) is 6. The molecule has 0 spiro atoms. The average Bonchev–Trinajstić information content (AvgIpc) is 3.19. The summed E-state index contributed by atoms with van der Waals surface area (Å²) in [6.45, 7) is 2.85. The number of methoxy groups -OCH3 is 2. The number of carbonyl (C=O) groups excluding carboxylic acids is 2. The molecule has 0 saturated carbocycles. The van der Waals surface area contributed by atoms with Crippen molar-refractivity contribution in [2.75, 3.05) is 27.3 Å². The molecular formula is C22H24ClN5O4. The van der Waals surface area contributed by atoms with Crippen LogP contribution in [0.1, 0.15) is 23.0 Å². The number of nitrogens with one attached hydrogen (secondary N) is 2. The smallest absolute Gasteiger partial charge is 0.268 e. The second kappa shape index (κ2) is 8.76. The van der Waals surface area contributed by atoms with Crippen molar-refractivity contribution in [2.24, 2.45) is 0 Å². The Morgan fingerprint density at radius 3 is 2.81 bits per heavy atom. The van der Waals surface area contributed by atoms with Crippen molar-refractivity contribution in [3.05, 3.63) is 53.1 Å². The number of hydrogen-bond donors (Lipinski definition) is 2. The van der Waals surface area contributed by atoms with Gasteiger partial charge in [0, 0.05) is 31.3 Å². The van der Waals surface area contributed by atoms with Crippen molar-refractivity contribution in [3.8, 4) is 5.75 Å². The maximum atomic E-state index is 13.3. The Balaban J connectivity index is 1.57. The summed E-state index contributed by atoms with van der Waals surface area (Å²) in [5, 5.41) is 4.04. The van der Waals surface area contributed by atoms with Gasteiger partial charge in [-0.1, -0.05) is 11.6 Å².